The molecule has 1 aliphatic carbocycles. The van der Waals surface area contributed by atoms with Gasteiger partial charge in [-0.2, -0.15) is 0 Å². The highest BCUT2D eigenvalue weighted by molar-refractivity contribution is 6.31. The van der Waals surface area contributed by atoms with E-state index < -0.39 is 5.97 Å². The molecule has 3 aromatic rings. The molecule has 1 aliphatic rings. The normalized spacial score (nSPS) is 14.7. The first-order chi connectivity index (χ1) is 14.5. The van der Waals surface area contributed by atoms with Gasteiger partial charge >= 0.3 is 5.97 Å². The van der Waals surface area contributed by atoms with E-state index in [9.17, 15) is 9.59 Å². The summed E-state index contributed by atoms with van der Waals surface area (Å²) in [5.74, 6) is -0.000559. The lowest BCUT2D eigenvalue weighted by atomic mass is 9.83. The number of hydrogen-bond donors (Lipinski definition) is 1. The van der Waals surface area contributed by atoms with Gasteiger partial charge in [0.25, 0.3) is 0 Å². The van der Waals surface area contributed by atoms with Crippen molar-refractivity contribution in [2.45, 2.75) is 31.6 Å². The number of esters is 1. The summed E-state index contributed by atoms with van der Waals surface area (Å²) in [5, 5.41) is 5.30. The van der Waals surface area contributed by atoms with Gasteiger partial charge in [-0.15, -0.1) is 0 Å². The summed E-state index contributed by atoms with van der Waals surface area (Å²) in [7, 11) is 1.33. The minimum atomic E-state index is -0.485. The van der Waals surface area contributed by atoms with Gasteiger partial charge in [-0.25, -0.2) is 4.79 Å². The van der Waals surface area contributed by atoms with Gasteiger partial charge < -0.3 is 10.1 Å². The highest BCUT2D eigenvalue weighted by Gasteiger charge is 2.25. The Labute approximate surface area is 184 Å². The van der Waals surface area contributed by atoms with Crippen molar-refractivity contribution in [3.05, 3.63) is 63.8 Å². The Morgan fingerprint density at radius 3 is 2.53 bits per heavy atom. The van der Waals surface area contributed by atoms with Crippen LogP contribution < -0.4 is 5.32 Å². The Kier molecular flexibility index (Phi) is 5.93. The number of benzene rings is 2. The minimum Gasteiger partial charge on any atom is -0.465 e. The fraction of sp³-hybridized carbons (Fsp3) is 0.261. The van der Waals surface area contributed by atoms with E-state index in [1.807, 2.05) is 18.3 Å². The molecular weight excluding hydrogens is 423 g/mol. The highest BCUT2D eigenvalue weighted by Crippen LogP contribution is 2.40. The Morgan fingerprint density at radius 1 is 1.10 bits per heavy atom. The monoisotopic (exact) mass is 442 g/mol. The number of methoxy groups -OCH3 is 1. The summed E-state index contributed by atoms with van der Waals surface area (Å²) in [5.41, 5.74) is 3.53. The molecule has 7 heteroatoms. The number of nitrogens with one attached hydrogen (secondary N) is 1. The number of Topliss-reactive ketones (excluding diaryl/α,β-unsaturated/α-hetero) is 1. The SMILES string of the molecule is COC(=O)c1cc(Cl)ccc1Nc1c(C2CCC(=O)CC2)cnc2ccc(Cl)cc12. The number of nitrogens with zero attached hydrogens (tertiary/aromatic N) is 1. The van der Waals surface area contributed by atoms with Crippen molar-refractivity contribution in [2.75, 3.05) is 12.4 Å². The molecule has 0 radical (unpaired) electrons. The van der Waals surface area contributed by atoms with Crippen LogP contribution in [0, 0.1) is 0 Å². The number of fused-ring (bicyclic) bond motifs is 1. The van der Waals surface area contributed by atoms with Crippen molar-refractivity contribution in [2.24, 2.45) is 0 Å². The Hall–Kier alpha value is -2.63. The third-order valence-electron chi connectivity index (χ3n) is 5.49. The zero-order chi connectivity index (χ0) is 21.3. The van der Waals surface area contributed by atoms with Crippen LogP contribution in [0.2, 0.25) is 10.0 Å². The van der Waals surface area contributed by atoms with Crippen LogP contribution >= 0.6 is 23.2 Å². The van der Waals surface area contributed by atoms with Gasteiger partial charge in [0.1, 0.15) is 5.78 Å². The number of ether oxygens (including phenoxy) is 1. The van der Waals surface area contributed by atoms with Gasteiger partial charge in [0, 0.05) is 34.5 Å². The summed E-state index contributed by atoms with van der Waals surface area (Å²) >= 11 is 12.4. The summed E-state index contributed by atoms with van der Waals surface area (Å²) in [6, 6.07) is 10.6. The number of anilines is 2. The van der Waals surface area contributed by atoms with Gasteiger partial charge in [-0.1, -0.05) is 23.2 Å². The van der Waals surface area contributed by atoms with E-state index in [1.54, 1.807) is 24.3 Å². The molecule has 30 heavy (non-hydrogen) atoms. The number of ketones is 1. The van der Waals surface area contributed by atoms with Crippen molar-refractivity contribution in [3.63, 3.8) is 0 Å². The highest BCUT2D eigenvalue weighted by atomic mass is 35.5. The number of carbonyl (C=O) groups is 2. The predicted molar refractivity (Wildman–Crippen MR) is 119 cm³/mol. The molecular formula is C23H20Cl2N2O3. The van der Waals surface area contributed by atoms with Gasteiger partial charge in [-0.05, 0) is 60.7 Å². The van der Waals surface area contributed by atoms with Crippen LogP contribution in [0.25, 0.3) is 10.9 Å². The second kappa shape index (κ2) is 8.62. The van der Waals surface area contributed by atoms with E-state index >= 15 is 0 Å². The third-order valence-corrected chi connectivity index (χ3v) is 5.96. The van der Waals surface area contributed by atoms with Gasteiger partial charge in [-0.3, -0.25) is 9.78 Å². The van der Waals surface area contributed by atoms with Crippen molar-refractivity contribution in [3.8, 4) is 0 Å². The molecule has 0 bridgehead atoms. The van der Waals surface area contributed by atoms with E-state index in [4.69, 9.17) is 27.9 Å². The van der Waals surface area contributed by atoms with Crippen LogP contribution in [-0.2, 0) is 9.53 Å². The summed E-state index contributed by atoms with van der Waals surface area (Å²) in [6.45, 7) is 0. The van der Waals surface area contributed by atoms with Crippen molar-refractivity contribution in [1.29, 1.82) is 0 Å². The van der Waals surface area contributed by atoms with Crippen molar-refractivity contribution >= 4 is 57.2 Å². The summed E-state index contributed by atoms with van der Waals surface area (Å²) < 4.78 is 4.93. The number of hydrogen-bond acceptors (Lipinski definition) is 5. The van der Waals surface area contributed by atoms with Gasteiger partial charge in [0.2, 0.25) is 0 Å². The number of halogens is 2. The summed E-state index contributed by atoms with van der Waals surface area (Å²) in [6.07, 6.45) is 4.52. The topological polar surface area (TPSA) is 68.3 Å². The largest absolute Gasteiger partial charge is 0.465 e. The molecule has 0 saturated heterocycles. The lowest BCUT2D eigenvalue weighted by Gasteiger charge is -2.25. The lowest BCUT2D eigenvalue weighted by Crippen LogP contribution is -2.14. The zero-order valence-corrected chi connectivity index (χ0v) is 17.9. The van der Waals surface area contributed by atoms with Crippen LogP contribution in [-0.4, -0.2) is 23.8 Å². The maximum absolute atomic E-state index is 12.3. The van der Waals surface area contributed by atoms with Crippen LogP contribution in [0.4, 0.5) is 11.4 Å². The minimum absolute atomic E-state index is 0.190. The molecule has 5 nitrogen and oxygen atoms in total. The van der Waals surface area contributed by atoms with Gasteiger partial charge in [0.05, 0.1) is 29.6 Å². The Balaban J connectivity index is 1.86. The van der Waals surface area contributed by atoms with Crippen molar-refractivity contribution < 1.29 is 14.3 Å². The van der Waals surface area contributed by atoms with Crippen LogP contribution in [0.3, 0.4) is 0 Å². The Morgan fingerprint density at radius 2 is 1.80 bits per heavy atom. The molecule has 0 unspecified atom stereocenters. The molecule has 0 atom stereocenters. The van der Waals surface area contributed by atoms with E-state index in [2.05, 4.69) is 10.3 Å². The molecule has 2 aromatic carbocycles. The van der Waals surface area contributed by atoms with E-state index in [0.717, 1.165) is 35.0 Å². The number of pyridine rings is 1. The van der Waals surface area contributed by atoms with Crippen LogP contribution in [0.5, 0.6) is 0 Å². The quantitative estimate of drug-likeness (QED) is 0.480. The molecule has 1 N–H and O–H groups in total. The first-order valence-corrected chi connectivity index (χ1v) is 10.5. The first kappa shape index (κ1) is 20.6. The third kappa shape index (κ3) is 4.13. The molecule has 0 amide bonds. The molecule has 1 saturated carbocycles. The maximum Gasteiger partial charge on any atom is 0.340 e. The maximum atomic E-state index is 12.3. The van der Waals surface area contributed by atoms with Crippen LogP contribution in [0.15, 0.2) is 42.6 Å². The molecule has 1 heterocycles. The average molecular weight is 443 g/mol. The molecule has 0 spiro atoms. The standard InChI is InChI=1S/C23H20Cl2N2O3/c1-30-23(29)18-11-15(25)5-9-21(18)27-22-17-10-14(24)4-8-20(17)26-12-19(22)13-2-6-16(28)7-3-13/h4-5,8-13H,2-3,6-7H2,1H3,(H,26,27). The zero-order valence-electron chi connectivity index (χ0n) is 16.4. The second-order valence-corrected chi connectivity index (χ2v) is 8.24. The lowest BCUT2D eigenvalue weighted by molar-refractivity contribution is -0.120. The average Bonchev–Trinajstić information content (AvgIpc) is 2.75. The number of aromatic nitrogens is 1. The van der Waals surface area contributed by atoms with E-state index in [0.29, 0.717) is 39.9 Å². The summed E-state index contributed by atoms with van der Waals surface area (Å²) in [4.78, 5) is 28.7. The fourth-order valence-corrected chi connectivity index (χ4v) is 4.26. The molecule has 4 rings (SSSR count). The molecule has 0 aliphatic heterocycles. The predicted octanol–water partition coefficient (Wildman–Crippen LogP) is 6.30. The Bertz CT molecular complexity index is 1140. The van der Waals surface area contributed by atoms with Crippen LogP contribution in [0.1, 0.15) is 47.5 Å². The molecule has 1 fully saturated rings. The number of carbonyl (C=O) groups excluding carboxylic acids is 2. The fourth-order valence-electron chi connectivity index (χ4n) is 3.92. The second-order valence-electron chi connectivity index (χ2n) is 7.37. The molecule has 1 aromatic heterocycles. The van der Waals surface area contributed by atoms with E-state index in [1.165, 1.54) is 7.11 Å². The van der Waals surface area contributed by atoms with Crippen molar-refractivity contribution in [1.82, 2.24) is 4.98 Å². The van der Waals surface area contributed by atoms with Gasteiger partial charge in [0.15, 0.2) is 0 Å². The smallest absolute Gasteiger partial charge is 0.340 e. The van der Waals surface area contributed by atoms with E-state index in [-0.39, 0.29) is 5.92 Å². The molecule has 154 valence electrons. The number of rotatable bonds is 4. The first-order valence-electron chi connectivity index (χ1n) is 9.71.